The van der Waals surface area contributed by atoms with Crippen LogP contribution in [0.1, 0.15) is 33.1 Å². The molecule has 220 valence electrons. The van der Waals surface area contributed by atoms with Crippen LogP contribution in [0.15, 0.2) is 24.7 Å². The summed E-state index contributed by atoms with van der Waals surface area (Å²) in [7, 11) is 4.67. The van der Waals surface area contributed by atoms with Gasteiger partial charge in [0.25, 0.3) is 5.92 Å². The molecular formula is C25H37F2N9O4. The van der Waals surface area contributed by atoms with Crippen LogP contribution in [0, 0.1) is 0 Å². The summed E-state index contributed by atoms with van der Waals surface area (Å²) in [6, 6.07) is 0.0400. The van der Waals surface area contributed by atoms with E-state index in [1.165, 1.54) is 63.1 Å². The van der Waals surface area contributed by atoms with Crippen molar-refractivity contribution in [2.45, 2.75) is 51.1 Å². The molecule has 2 unspecified atom stereocenters. The standard InChI is InChI=1S/C19H24F2N8O4.C6H13N/c1-4-33-15-10-23-14(9-24-15)26-17(30)28(2)12-11-29(8-6-19(12,20)21)16-22-7-5-13(25-16)27-18(31)32-3;1-6-4-3-5-7(6)2/h5,7,9-10,12H,4,6,8,11H2,1-3H3,(H,23,26,30)(H,22,25,27,31);6H,3-5H2,1-2H3. The first-order chi connectivity index (χ1) is 19.0. The number of methoxy groups -OCH3 is 1. The van der Waals surface area contributed by atoms with Crippen molar-refractivity contribution in [3.63, 3.8) is 0 Å². The maximum Gasteiger partial charge on any atom is 0.412 e. The number of piperidine rings is 1. The predicted molar refractivity (Wildman–Crippen MR) is 145 cm³/mol. The van der Waals surface area contributed by atoms with Crippen LogP contribution in [0.25, 0.3) is 0 Å². The Bertz CT molecular complexity index is 1120. The highest BCUT2D eigenvalue weighted by molar-refractivity contribution is 5.88. The van der Waals surface area contributed by atoms with Crippen LogP contribution in [0.4, 0.5) is 36.0 Å². The average molecular weight is 566 g/mol. The molecule has 2 N–H and O–H groups in total. The minimum Gasteiger partial charge on any atom is -0.477 e. The number of aromatic nitrogens is 4. The fraction of sp³-hybridized carbons (Fsp3) is 0.600. The van der Waals surface area contributed by atoms with Crippen LogP contribution in [0.2, 0.25) is 0 Å². The molecule has 15 heteroatoms. The van der Waals surface area contributed by atoms with E-state index >= 15 is 0 Å². The molecule has 0 aromatic carbocycles. The summed E-state index contributed by atoms with van der Waals surface area (Å²) in [6.07, 6.45) is 5.54. The summed E-state index contributed by atoms with van der Waals surface area (Å²) in [5.41, 5.74) is 0. The van der Waals surface area contributed by atoms with Crippen molar-refractivity contribution in [3.8, 4) is 5.88 Å². The van der Waals surface area contributed by atoms with Crippen LogP contribution >= 0.6 is 0 Å². The molecule has 2 aromatic rings. The quantitative estimate of drug-likeness (QED) is 0.536. The number of urea groups is 1. The van der Waals surface area contributed by atoms with Crippen molar-refractivity contribution >= 4 is 29.7 Å². The summed E-state index contributed by atoms with van der Waals surface area (Å²) < 4.78 is 39.2. The first-order valence-corrected chi connectivity index (χ1v) is 13.0. The van der Waals surface area contributed by atoms with Gasteiger partial charge < -0.3 is 24.2 Å². The lowest BCUT2D eigenvalue weighted by Crippen LogP contribution is -2.60. The third-order valence-electron chi connectivity index (χ3n) is 6.77. The van der Waals surface area contributed by atoms with Crippen molar-refractivity contribution in [3.05, 3.63) is 24.7 Å². The number of nitrogens with one attached hydrogen (secondary N) is 2. The number of nitrogens with zero attached hydrogens (tertiary/aromatic N) is 7. The zero-order valence-electron chi connectivity index (χ0n) is 23.4. The highest BCUT2D eigenvalue weighted by Gasteiger charge is 2.48. The Labute approximate surface area is 232 Å². The molecule has 4 rings (SSSR count). The van der Waals surface area contributed by atoms with Crippen molar-refractivity contribution < 1.29 is 27.8 Å². The van der Waals surface area contributed by atoms with Gasteiger partial charge in [0.05, 0.1) is 26.1 Å². The summed E-state index contributed by atoms with van der Waals surface area (Å²) in [5, 5.41) is 4.85. The Balaban J connectivity index is 0.000000547. The van der Waals surface area contributed by atoms with E-state index in [2.05, 4.69) is 54.2 Å². The van der Waals surface area contributed by atoms with Gasteiger partial charge in [0.1, 0.15) is 11.9 Å². The number of halogens is 2. The van der Waals surface area contributed by atoms with Gasteiger partial charge in [-0.1, -0.05) is 0 Å². The molecular weight excluding hydrogens is 528 g/mol. The fourth-order valence-electron chi connectivity index (χ4n) is 4.22. The SMILES string of the molecule is CC1CCCN1C.CCOc1cnc(NC(=O)N(C)C2CN(c3nccc(NC(=O)OC)n3)CCC2(F)F)cn1. The van der Waals surface area contributed by atoms with Gasteiger partial charge in [-0.2, -0.15) is 4.98 Å². The van der Waals surface area contributed by atoms with E-state index in [1.807, 2.05) is 0 Å². The second kappa shape index (κ2) is 14.0. The van der Waals surface area contributed by atoms with E-state index in [-0.39, 0.29) is 36.6 Å². The van der Waals surface area contributed by atoms with Crippen molar-refractivity contribution in [2.75, 3.05) is 63.0 Å². The van der Waals surface area contributed by atoms with Crippen LogP contribution in [0.5, 0.6) is 5.88 Å². The topological polar surface area (TPSA) is 138 Å². The lowest BCUT2D eigenvalue weighted by molar-refractivity contribution is -0.0760. The lowest BCUT2D eigenvalue weighted by Gasteiger charge is -2.42. The fourth-order valence-corrected chi connectivity index (χ4v) is 4.22. The molecule has 3 amide bonds. The number of ether oxygens (including phenoxy) is 2. The average Bonchev–Trinajstić information content (AvgIpc) is 3.31. The summed E-state index contributed by atoms with van der Waals surface area (Å²) in [5.74, 6) is -2.48. The molecule has 40 heavy (non-hydrogen) atoms. The van der Waals surface area contributed by atoms with Crippen molar-refractivity contribution in [1.29, 1.82) is 0 Å². The molecule has 2 aliphatic heterocycles. The first-order valence-electron chi connectivity index (χ1n) is 13.0. The summed E-state index contributed by atoms with van der Waals surface area (Å²) in [6.45, 7) is 5.52. The van der Waals surface area contributed by atoms with Gasteiger partial charge in [0.2, 0.25) is 11.8 Å². The Morgan fingerprint density at radius 2 is 1.95 bits per heavy atom. The molecule has 2 saturated heterocycles. The number of hydrogen-bond donors (Lipinski definition) is 2. The van der Waals surface area contributed by atoms with Gasteiger partial charge in [-0.15, -0.1) is 0 Å². The molecule has 0 spiro atoms. The number of hydrogen-bond acceptors (Lipinski definition) is 10. The zero-order valence-corrected chi connectivity index (χ0v) is 23.4. The van der Waals surface area contributed by atoms with Crippen LogP contribution < -0.4 is 20.3 Å². The molecule has 2 aromatic heterocycles. The molecule has 2 fully saturated rings. The van der Waals surface area contributed by atoms with E-state index in [0.29, 0.717) is 6.61 Å². The first kappa shape index (κ1) is 30.7. The predicted octanol–water partition coefficient (Wildman–Crippen LogP) is 3.32. The molecule has 13 nitrogen and oxygen atoms in total. The number of alkyl halides is 2. The van der Waals surface area contributed by atoms with Gasteiger partial charge in [0.15, 0.2) is 5.82 Å². The number of rotatable bonds is 6. The smallest absolute Gasteiger partial charge is 0.412 e. The van der Waals surface area contributed by atoms with Gasteiger partial charge >= 0.3 is 12.1 Å². The molecule has 0 radical (unpaired) electrons. The Hall–Kier alpha value is -3.88. The monoisotopic (exact) mass is 565 g/mol. The van der Waals surface area contributed by atoms with Crippen LogP contribution in [-0.2, 0) is 4.74 Å². The minimum atomic E-state index is -3.14. The molecule has 0 aliphatic carbocycles. The van der Waals surface area contributed by atoms with Crippen LogP contribution in [-0.4, -0.2) is 107 Å². The number of amides is 3. The van der Waals surface area contributed by atoms with E-state index in [4.69, 9.17) is 4.74 Å². The number of carbonyl (C=O) groups is 2. The number of anilines is 3. The van der Waals surface area contributed by atoms with Crippen LogP contribution in [0.3, 0.4) is 0 Å². The van der Waals surface area contributed by atoms with Gasteiger partial charge in [-0.3, -0.25) is 10.6 Å². The molecule has 2 aliphatic rings. The molecule has 0 saturated carbocycles. The number of likely N-dealkylation sites (tertiary alicyclic amines) is 1. The Morgan fingerprint density at radius 1 is 1.18 bits per heavy atom. The highest BCUT2D eigenvalue weighted by atomic mass is 19.3. The van der Waals surface area contributed by atoms with Gasteiger partial charge in [-0.25, -0.2) is 33.3 Å². The van der Waals surface area contributed by atoms with E-state index in [9.17, 15) is 18.4 Å². The second-order valence-corrected chi connectivity index (χ2v) is 9.52. The Morgan fingerprint density at radius 3 is 2.52 bits per heavy atom. The maximum absolute atomic E-state index is 14.7. The van der Waals surface area contributed by atoms with E-state index in [1.54, 1.807) is 6.92 Å². The summed E-state index contributed by atoms with van der Waals surface area (Å²) in [4.78, 5) is 45.1. The molecule has 4 heterocycles. The lowest BCUT2D eigenvalue weighted by atomic mass is 10.00. The highest BCUT2D eigenvalue weighted by Crippen LogP contribution is 2.33. The normalized spacial score (nSPS) is 20.1. The third-order valence-corrected chi connectivity index (χ3v) is 6.77. The molecule has 0 bridgehead atoms. The minimum absolute atomic E-state index is 0.0367. The van der Waals surface area contributed by atoms with E-state index in [0.717, 1.165) is 10.9 Å². The van der Waals surface area contributed by atoms with Crippen molar-refractivity contribution in [2.24, 2.45) is 0 Å². The Kier molecular flexibility index (Phi) is 10.7. The van der Waals surface area contributed by atoms with Crippen molar-refractivity contribution in [1.82, 2.24) is 29.7 Å². The number of likely N-dealkylation sites (N-methyl/N-ethyl adjacent to an activating group) is 1. The largest absolute Gasteiger partial charge is 0.477 e. The second-order valence-electron chi connectivity index (χ2n) is 9.52. The summed E-state index contributed by atoms with van der Waals surface area (Å²) >= 11 is 0. The third kappa shape index (κ3) is 8.31. The maximum atomic E-state index is 14.7. The zero-order chi connectivity index (χ0) is 29.3. The van der Waals surface area contributed by atoms with Gasteiger partial charge in [0, 0.05) is 38.8 Å². The van der Waals surface area contributed by atoms with Gasteiger partial charge in [-0.05, 0) is 46.3 Å². The number of carbonyl (C=O) groups excluding carboxylic acids is 2. The van der Waals surface area contributed by atoms with E-state index < -0.39 is 30.5 Å². The molecule has 2 atom stereocenters.